The van der Waals surface area contributed by atoms with Crippen LogP contribution in [0, 0.1) is 0 Å². The first-order valence-electron chi connectivity index (χ1n) is 9.06. The van der Waals surface area contributed by atoms with Crippen LogP contribution in [0.15, 0.2) is 23.3 Å². The zero-order valence-corrected chi connectivity index (χ0v) is 15.6. The van der Waals surface area contributed by atoms with Crippen LogP contribution >= 0.6 is 0 Å². The van der Waals surface area contributed by atoms with Crippen molar-refractivity contribution in [2.45, 2.75) is 32.9 Å². The molecule has 2 rings (SSSR count). The molecule has 140 valence electrons. The minimum atomic E-state index is 0.247. The summed E-state index contributed by atoms with van der Waals surface area (Å²) in [5.41, 5.74) is 1.18. The van der Waals surface area contributed by atoms with Crippen LogP contribution in [0.4, 0.5) is 5.82 Å². The zero-order valence-electron chi connectivity index (χ0n) is 15.6. The van der Waals surface area contributed by atoms with E-state index in [2.05, 4.69) is 38.5 Å². The van der Waals surface area contributed by atoms with Crippen LogP contribution in [-0.2, 0) is 16.0 Å². The summed E-state index contributed by atoms with van der Waals surface area (Å²) >= 11 is 0. The Morgan fingerprint density at radius 3 is 3.12 bits per heavy atom. The molecule has 1 unspecified atom stereocenters. The van der Waals surface area contributed by atoms with Gasteiger partial charge in [0, 0.05) is 52.6 Å². The molecule has 1 aliphatic heterocycles. The van der Waals surface area contributed by atoms with E-state index in [1.165, 1.54) is 5.56 Å². The summed E-state index contributed by atoms with van der Waals surface area (Å²) in [6, 6.07) is 4.16. The Labute approximate surface area is 150 Å². The van der Waals surface area contributed by atoms with Gasteiger partial charge in [0.15, 0.2) is 5.96 Å². The number of guanidine groups is 1. The molecule has 0 radical (unpaired) electrons. The quantitative estimate of drug-likeness (QED) is 0.420. The van der Waals surface area contributed by atoms with Gasteiger partial charge in [-0.05, 0) is 38.0 Å². The smallest absolute Gasteiger partial charge is 0.191 e. The maximum absolute atomic E-state index is 5.60. The number of rotatable bonds is 8. The van der Waals surface area contributed by atoms with Crippen LogP contribution in [0.5, 0.6) is 0 Å². The molecule has 0 bridgehead atoms. The van der Waals surface area contributed by atoms with E-state index in [1.807, 2.05) is 19.2 Å². The Balaban J connectivity index is 1.80. The number of hydrogen-bond acceptors (Lipinski definition) is 5. The molecular formula is C18H31N5O2. The third-order valence-corrected chi connectivity index (χ3v) is 4.02. The molecule has 1 aliphatic rings. The number of anilines is 1. The van der Waals surface area contributed by atoms with Crippen molar-refractivity contribution in [3.8, 4) is 0 Å². The van der Waals surface area contributed by atoms with Gasteiger partial charge in [0.2, 0.25) is 0 Å². The fraction of sp³-hybridized carbons (Fsp3) is 0.667. The van der Waals surface area contributed by atoms with E-state index in [0.717, 1.165) is 57.7 Å². The molecule has 0 spiro atoms. The summed E-state index contributed by atoms with van der Waals surface area (Å²) in [6.07, 6.45) is 3.07. The van der Waals surface area contributed by atoms with Crippen molar-refractivity contribution in [3.63, 3.8) is 0 Å². The van der Waals surface area contributed by atoms with Gasteiger partial charge in [0.25, 0.3) is 0 Å². The Morgan fingerprint density at radius 2 is 2.36 bits per heavy atom. The van der Waals surface area contributed by atoms with Crippen molar-refractivity contribution in [1.82, 2.24) is 15.6 Å². The molecule has 0 amide bonds. The van der Waals surface area contributed by atoms with Crippen molar-refractivity contribution in [2.24, 2.45) is 4.99 Å². The summed E-state index contributed by atoms with van der Waals surface area (Å²) in [5.74, 6) is 1.81. The number of pyridine rings is 1. The van der Waals surface area contributed by atoms with Crippen molar-refractivity contribution in [1.29, 1.82) is 0 Å². The second-order valence-electron chi connectivity index (χ2n) is 6.05. The van der Waals surface area contributed by atoms with E-state index in [0.29, 0.717) is 6.54 Å². The van der Waals surface area contributed by atoms with Gasteiger partial charge in [0.1, 0.15) is 5.82 Å². The van der Waals surface area contributed by atoms with Crippen LogP contribution in [0.1, 0.15) is 25.8 Å². The van der Waals surface area contributed by atoms with E-state index < -0.39 is 0 Å². The molecule has 0 saturated carbocycles. The molecule has 25 heavy (non-hydrogen) atoms. The van der Waals surface area contributed by atoms with Crippen molar-refractivity contribution in [2.75, 3.05) is 51.4 Å². The van der Waals surface area contributed by atoms with Crippen LogP contribution in [0.2, 0.25) is 0 Å². The molecule has 1 saturated heterocycles. The maximum Gasteiger partial charge on any atom is 0.191 e. The fourth-order valence-corrected chi connectivity index (χ4v) is 2.70. The summed E-state index contributed by atoms with van der Waals surface area (Å²) in [7, 11) is 1.78. The average Bonchev–Trinajstić information content (AvgIpc) is 2.64. The summed E-state index contributed by atoms with van der Waals surface area (Å²) < 4.78 is 10.9. The largest absolute Gasteiger partial charge is 0.382 e. The predicted octanol–water partition coefficient (Wildman–Crippen LogP) is 1.40. The standard InChI is InChI=1S/C18H31N5O2/c1-4-24-10-5-7-21-18(19-3)22-13-16-6-8-20-17(12-16)23-9-11-25-15(2)14-23/h6,8,12,15H,4-5,7,9-11,13-14H2,1-3H3,(H2,19,21,22). The molecule has 1 aromatic rings. The molecule has 2 heterocycles. The van der Waals surface area contributed by atoms with Crippen molar-refractivity contribution < 1.29 is 9.47 Å². The number of ether oxygens (including phenoxy) is 2. The highest BCUT2D eigenvalue weighted by atomic mass is 16.5. The molecule has 0 aromatic carbocycles. The Kier molecular flexibility index (Phi) is 8.48. The van der Waals surface area contributed by atoms with E-state index in [4.69, 9.17) is 9.47 Å². The highest BCUT2D eigenvalue weighted by molar-refractivity contribution is 5.79. The van der Waals surface area contributed by atoms with E-state index in [1.54, 1.807) is 7.05 Å². The zero-order chi connectivity index (χ0) is 17.9. The van der Waals surface area contributed by atoms with Gasteiger partial charge in [-0.25, -0.2) is 4.98 Å². The number of hydrogen-bond donors (Lipinski definition) is 2. The fourth-order valence-electron chi connectivity index (χ4n) is 2.70. The summed E-state index contributed by atoms with van der Waals surface area (Å²) in [4.78, 5) is 11.0. The maximum atomic E-state index is 5.60. The van der Waals surface area contributed by atoms with E-state index in [-0.39, 0.29) is 6.10 Å². The minimum Gasteiger partial charge on any atom is -0.382 e. The van der Waals surface area contributed by atoms with Gasteiger partial charge < -0.3 is 25.0 Å². The lowest BCUT2D eigenvalue weighted by molar-refractivity contribution is 0.0529. The van der Waals surface area contributed by atoms with E-state index in [9.17, 15) is 0 Å². The van der Waals surface area contributed by atoms with Crippen LogP contribution < -0.4 is 15.5 Å². The minimum absolute atomic E-state index is 0.247. The second-order valence-corrected chi connectivity index (χ2v) is 6.05. The van der Waals surface area contributed by atoms with Gasteiger partial charge in [-0.2, -0.15) is 0 Å². The highest BCUT2D eigenvalue weighted by Gasteiger charge is 2.17. The van der Waals surface area contributed by atoms with Crippen LogP contribution in [0.25, 0.3) is 0 Å². The highest BCUT2D eigenvalue weighted by Crippen LogP contribution is 2.16. The van der Waals surface area contributed by atoms with Gasteiger partial charge in [-0.1, -0.05) is 0 Å². The average molecular weight is 349 g/mol. The number of aromatic nitrogens is 1. The number of morpholine rings is 1. The van der Waals surface area contributed by atoms with Crippen molar-refractivity contribution >= 4 is 11.8 Å². The SMILES string of the molecule is CCOCCCNC(=NC)NCc1ccnc(N2CCOC(C)C2)c1. The van der Waals surface area contributed by atoms with Crippen LogP contribution in [-0.4, -0.2) is 63.6 Å². The summed E-state index contributed by atoms with van der Waals surface area (Å²) in [5, 5.41) is 6.64. The normalized spacial score (nSPS) is 18.3. The molecular weight excluding hydrogens is 318 g/mol. The monoisotopic (exact) mass is 349 g/mol. The number of nitrogens with one attached hydrogen (secondary N) is 2. The van der Waals surface area contributed by atoms with E-state index >= 15 is 0 Å². The Morgan fingerprint density at radius 1 is 1.48 bits per heavy atom. The molecule has 7 nitrogen and oxygen atoms in total. The topological polar surface area (TPSA) is 71.0 Å². The van der Waals surface area contributed by atoms with Gasteiger partial charge in [-0.3, -0.25) is 4.99 Å². The third kappa shape index (κ3) is 6.88. The molecule has 2 N–H and O–H groups in total. The number of nitrogens with zero attached hydrogens (tertiary/aromatic N) is 3. The summed E-state index contributed by atoms with van der Waals surface area (Å²) in [6.45, 7) is 9.71. The van der Waals surface area contributed by atoms with Crippen molar-refractivity contribution in [3.05, 3.63) is 23.9 Å². The first-order valence-corrected chi connectivity index (χ1v) is 9.06. The second kappa shape index (κ2) is 10.9. The van der Waals surface area contributed by atoms with Gasteiger partial charge in [0.05, 0.1) is 12.7 Å². The molecule has 1 fully saturated rings. The predicted molar refractivity (Wildman–Crippen MR) is 101 cm³/mol. The molecule has 0 aliphatic carbocycles. The van der Waals surface area contributed by atoms with Gasteiger partial charge in [-0.15, -0.1) is 0 Å². The lowest BCUT2D eigenvalue weighted by Crippen LogP contribution is -2.41. The number of aliphatic imine (C=N–C) groups is 1. The molecule has 1 aromatic heterocycles. The first-order chi connectivity index (χ1) is 12.2. The lowest BCUT2D eigenvalue weighted by atomic mass is 10.2. The molecule has 7 heteroatoms. The Bertz CT molecular complexity index is 538. The third-order valence-electron chi connectivity index (χ3n) is 4.02. The first kappa shape index (κ1) is 19.5. The van der Waals surface area contributed by atoms with Gasteiger partial charge >= 0.3 is 0 Å². The lowest BCUT2D eigenvalue weighted by Gasteiger charge is -2.32. The van der Waals surface area contributed by atoms with Crippen LogP contribution in [0.3, 0.4) is 0 Å². The Hall–Kier alpha value is -1.86. The molecule has 1 atom stereocenters.